The van der Waals surface area contributed by atoms with Crippen LogP contribution in [0.25, 0.3) is 0 Å². The Balaban J connectivity index is 2.86. The first kappa shape index (κ1) is 9.93. The average molecular weight is 246 g/mol. The van der Waals surface area contributed by atoms with E-state index in [4.69, 9.17) is 5.73 Å². The van der Waals surface area contributed by atoms with Gasteiger partial charge in [-0.3, -0.25) is 0 Å². The van der Waals surface area contributed by atoms with Crippen LogP contribution in [-0.4, -0.2) is 5.25 Å². The highest BCUT2D eigenvalue weighted by Crippen LogP contribution is 2.30. The molecular formula is C9H12BrNS. The molecule has 0 radical (unpaired) electrons. The van der Waals surface area contributed by atoms with Crippen LogP contribution in [0.2, 0.25) is 0 Å². The van der Waals surface area contributed by atoms with Crippen molar-refractivity contribution >= 4 is 33.4 Å². The van der Waals surface area contributed by atoms with Crippen LogP contribution in [0.1, 0.15) is 13.8 Å². The van der Waals surface area contributed by atoms with Crippen molar-refractivity contribution in [2.45, 2.75) is 24.0 Å². The summed E-state index contributed by atoms with van der Waals surface area (Å²) in [5, 5.41) is 0.577. The van der Waals surface area contributed by atoms with E-state index in [-0.39, 0.29) is 0 Å². The minimum absolute atomic E-state index is 0.577. The molecule has 2 N–H and O–H groups in total. The monoisotopic (exact) mass is 245 g/mol. The topological polar surface area (TPSA) is 26.0 Å². The number of hydrogen-bond donors (Lipinski definition) is 1. The van der Waals surface area contributed by atoms with Crippen molar-refractivity contribution in [1.29, 1.82) is 0 Å². The van der Waals surface area contributed by atoms with Gasteiger partial charge in [-0.25, -0.2) is 0 Å². The standard InChI is InChI=1S/C9H12BrNS/c1-6(2)12-9-4-3-7(10)5-8(9)11/h3-6H,11H2,1-2H3. The molecule has 0 fully saturated rings. The lowest BCUT2D eigenvalue weighted by Crippen LogP contribution is -1.92. The maximum absolute atomic E-state index is 5.82. The van der Waals surface area contributed by atoms with Gasteiger partial charge >= 0.3 is 0 Å². The first-order chi connectivity index (χ1) is 5.59. The zero-order valence-electron chi connectivity index (χ0n) is 7.17. The summed E-state index contributed by atoms with van der Waals surface area (Å²) < 4.78 is 1.04. The Morgan fingerprint density at radius 3 is 2.58 bits per heavy atom. The van der Waals surface area contributed by atoms with Crippen molar-refractivity contribution in [1.82, 2.24) is 0 Å². The fourth-order valence-electron chi connectivity index (χ4n) is 0.881. The van der Waals surface area contributed by atoms with Gasteiger partial charge < -0.3 is 5.73 Å². The minimum Gasteiger partial charge on any atom is -0.398 e. The summed E-state index contributed by atoms with van der Waals surface area (Å²) in [7, 11) is 0. The second-order valence-corrected chi connectivity index (χ2v) is 5.38. The summed E-state index contributed by atoms with van der Waals surface area (Å²) in [6.45, 7) is 4.32. The maximum atomic E-state index is 5.82. The van der Waals surface area contributed by atoms with Crippen LogP contribution in [0.15, 0.2) is 27.6 Å². The molecule has 0 amide bonds. The molecule has 1 aromatic carbocycles. The highest BCUT2D eigenvalue weighted by atomic mass is 79.9. The number of rotatable bonds is 2. The number of nitrogen functional groups attached to an aromatic ring is 1. The fraction of sp³-hybridized carbons (Fsp3) is 0.333. The summed E-state index contributed by atoms with van der Waals surface area (Å²) >= 11 is 5.16. The highest BCUT2D eigenvalue weighted by Gasteiger charge is 2.02. The van der Waals surface area contributed by atoms with Gasteiger partial charge in [-0.2, -0.15) is 0 Å². The SMILES string of the molecule is CC(C)Sc1ccc(Br)cc1N. The van der Waals surface area contributed by atoms with Crippen molar-refractivity contribution in [2.75, 3.05) is 5.73 Å². The lowest BCUT2D eigenvalue weighted by atomic mass is 10.3. The van der Waals surface area contributed by atoms with E-state index in [2.05, 4.69) is 29.8 Å². The van der Waals surface area contributed by atoms with Gasteiger partial charge in [-0.15, -0.1) is 11.8 Å². The van der Waals surface area contributed by atoms with E-state index in [1.807, 2.05) is 18.2 Å². The summed E-state index contributed by atoms with van der Waals surface area (Å²) in [6.07, 6.45) is 0. The predicted octanol–water partition coefficient (Wildman–Crippen LogP) is 3.53. The normalized spacial score (nSPS) is 10.7. The lowest BCUT2D eigenvalue weighted by molar-refractivity contribution is 1.11. The second kappa shape index (κ2) is 4.19. The molecule has 1 nitrogen and oxygen atoms in total. The third-order valence-corrected chi connectivity index (χ3v) is 2.92. The number of benzene rings is 1. The molecular weight excluding hydrogens is 234 g/mol. The van der Waals surface area contributed by atoms with Crippen LogP contribution >= 0.6 is 27.7 Å². The van der Waals surface area contributed by atoms with Gasteiger partial charge in [0.2, 0.25) is 0 Å². The Labute approximate surface area is 85.9 Å². The maximum Gasteiger partial charge on any atom is 0.0463 e. The van der Waals surface area contributed by atoms with Gasteiger partial charge in [-0.1, -0.05) is 29.8 Å². The van der Waals surface area contributed by atoms with Gasteiger partial charge in [0.25, 0.3) is 0 Å². The Bertz CT molecular complexity index is 273. The average Bonchev–Trinajstić information content (AvgIpc) is 1.94. The molecule has 0 aromatic heterocycles. The molecule has 0 spiro atoms. The zero-order chi connectivity index (χ0) is 9.14. The molecule has 1 rings (SSSR count). The van der Waals surface area contributed by atoms with Crippen LogP contribution in [-0.2, 0) is 0 Å². The van der Waals surface area contributed by atoms with Crippen molar-refractivity contribution in [3.63, 3.8) is 0 Å². The summed E-state index contributed by atoms with van der Waals surface area (Å²) in [6, 6.07) is 6.00. The second-order valence-electron chi connectivity index (χ2n) is 2.85. The summed E-state index contributed by atoms with van der Waals surface area (Å²) in [4.78, 5) is 1.16. The molecule has 0 saturated carbocycles. The van der Waals surface area contributed by atoms with E-state index >= 15 is 0 Å². The van der Waals surface area contributed by atoms with E-state index in [9.17, 15) is 0 Å². The van der Waals surface area contributed by atoms with Gasteiger partial charge in [0.15, 0.2) is 0 Å². The van der Waals surface area contributed by atoms with Gasteiger partial charge in [0, 0.05) is 20.3 Å². The quantitative estimate of drug-likeness (QED) is 0.638. The molecule has 0 unspecified atom stereocenters. The molecule has 0 aliphatic rings. The summed E-state index contributed by atoms with van der Waals surface area (Å²) in [5.74, 6) is 0. The number of anilines is 1. The minimum atomic E-state index is 0.577. The highest BCUT2D eigenvalue weighted by molar-refractivity contribution is 9.10. The molecule has 0 heterocycles. The number of thioether (sulfide) groups is 1. The molecule has 0 atom stereocenters. The Hall–Kier alpha value is -0.150. The van der Waals surface area contributed by atoms with E-state index in [1.54, 1.807) is 11.8 Å². The van der Waals surface area contributed by atoms with Crippen molar-refractivity contribution in [2.24, 2.45) is 0 Å². The molecule has 3 heteroatoms. The molecule has 0 aliphatic heterocycles. The van der Waals surface area contributed by atoms with E-state index < -0.39 is 0 Å². The molecule has 0 aliphatic carbocycles. The Morgan fingerprint density at radius 2 is 2.08 bits per heavy atom. The summed E-state index contributed by atoms with van der Waals surface area (Å²) in [5.41, 5.74) is 6.67. The fourth-order valence-corrected chi connectivity index (χ4v) is 2.11. The van der Waals surface area contributed by atoms with Crippen molar-refractivity contribution in [3.8, 4) is 0 Å². The van der Waals surface area contributed by atoms with Gasteiger partial charge in [0.05, 0.1) is 0 Å². The van der Waals surface area contributed by atoms with Gasteiger partial charge in [-0.05, 0) is 18.2 Å². The van der Waals surface area contributed by atoms with Crippen LogP contribution < -0.4 is 5.73 Å². The molecule has 0 saturated heterocycles. The third-order valence-electron chi connectivity index (χ3n) is 1.33. The number of nitrogens with two attached hydrogens (primary N) is 1. The first-order valence-electron chi connectivity index (χ1n) is 3.81. The zero-order valence-corrected chi connectivity index (χ0v) is 9.58. The Kier molecular flexibility index (Phi) is 3.47. The molecule has 66 valence electrons. The van der Waals surface area contributed by atoms with Crippen LogP contribution in [0.4, 0.5) is 5.69 Å². The largest absolute Gasteiger partial charge is 0.398 e. The van der Waals surface area contributed by atoms with E-state index in [0.717, 1.165) is 15.1 Å². The van der Waals surface area contributed by atoms with E-state index in [1.165, 1.54) is 0 Å². The van der Waals surface area contributed by atoms with Crippen LogP contribution in [0.3, 0.4) is 0 Å². The predicted molar refractivity (Wildman–Crippen MR) is 59.5 cm³/mol. The number of halogens is 1. The first-order valence-corrected chi connectivity index (χ1v) is 5.48. The van der Waals surface area contributed by atoms with E-state index in [0.29, 0.717) is 5.25 Å². The molecule has 12 heavy (non-hydrogen) atoms. The lowest BCUT2D eigenvalue weighted by Gasteiger charge is -2.07. The van der Waals surface area contributed by atoms with Crippen molar-refractivity contribution in [3.05, 3.63) is 22.7 Å². The van der Waals surface area contributed by atoms with Crippen LogP contribution in [0.5, 0.6) is 0 Å². The molecule has 0 bridgehead atoms. The van der Waals surface area contributed by atoms with Crippen LogP contribution in [0, 0.1) is 0 Å². The Morgan fingerprint density at radius 1 is 1.42 bits per heavy atom. The van der Waals surface area contributed by atoms with Crippen molar-refractivity contribution < 1.29 is 0 Å². The smallest absolute Gasteiger partial charge is 0.0463 e. The third kappa shape index (κ3) is 2.72. The number of hydrogen-bond acceptors (Lipinski definition) is 2. The van der Waals surface area contributed by atoms with Gasteiger partial charge in [0.1, 0.15) is 0 Å². The molecule has 1 aromatic rings.